The van der Waals surface area contributed by atoms with E-state index in [1.807, 2.05) is 0 Å². The molecule has 1 atom stereocenters. The Labute approximate surface area is 117 Å². The summed E-state index contributed by atoms with van der Waals surface area (Å²) in [7, 11) is -2.22. The summed E-state index contributed by atoms with van der Waals surface area (Å²) in [6.07, 6.45) is 0. The van der Waals surface area contributed by atoms with E-state index in [1.54, 1.807) is 6.07 Å². The van der Waals surface area contributed by atoms with Gasteiger partial charge < -0.3 is 10.0 Å². The zero-order valence-corrected chi connectivity index (χ0v) is 12.3. The monoisotopic (exact) mass is 299 g/mol. The van der Waals surface area contributed by atoms with E-state index in [4.69, 9.17) is 5.11 Å². The summed E-state index contributed by atoms with van der Waals surface area (Å²) in [4.78, 5) is 24.1. The standard InChI is InChI=1S/C13H17NO5S/c1-4-20(18,19)11-8-6-5-7-10(11)12(15)14(3)9(2)13(16)17/h5-9H,4H2,1-3H3,(H,16,17). The molecule has 0 bridgehead atoms. The second-order valence-corrected chi connectivity index (χ2v) is 6.58. The maximum absolute atomic E-state index is 12.3. The lowest BCUT2D eigenvalue weighted by atomic mass is 10.2. The van der Waals surface area contributed by atoms with Crippen LogP contribution in [0.5, 0.6) is 0 Å². The summed E-state index contributed by atoms with van der Waals surface area (Å²) < 4.78 is 23.9. The smallest absolute Gasteiger partial charge is 0.326 e. The maximum Gasteiger partial charge on any atom is 0.326 e. The van der Waals surface area contributed by atoms with Gasteiger partial charge in [0.25, 0.3) is 5.91 Å². The second kappa shape index (κ2) is 6.04. The average Bonchev–Trinajstić information content (AvgIpc) is 2.44. The zero-order valence-electron chi connectivity index (χ0n) is 11.5. The fraction of sp³-hybridized carbons (Fsp3) is 0.385. The first kappa shape index (κ1) is 16.2. The lowest BCUT2D eigenvalue weighted by Gasteiger charge is -2.22. The van der Waals surface area contributed by atoms with E-state index < -0.39 is 27.8 Å². The first-order chi connectivity index (χ1) is 9.22. The predicted molar refractivity (Wildman–Crippen MR) is 73.4 cm³/mol. The lowest BCUT2D eigenvalue weighted by Crippen LogP contribution is -2.40. The summed E-state index contributed by atoms with van der Waals surface area (Å²) in [6.45, 7) is 2.84. The number of carboxylic acid groups (broad SMARTS) is 1. The Morgan fingerprint density at radius 3 is 2.35 bits per heavy atom. The third-order valence-electron chi connectivity index (χ3n) is 3.09. The number of aliphatic carboxylic acids is 1. The second-order valence-electron chi connectivity index (χ2n) is 4.33. The zero-order chi connectivity index (χ0) is 15.5. The summed E-state index contributed by atoms with van der Waals surface area (Å²) in [5.41, 5.74) is -0.00931. The predicted octanol–water partition coefficient (Wildman–Crippen LogP) is 1.03. The number of benzene rings is 1. The molecule has 7 heteroatoms. The highest BCUT2D eigenvalue weighted by Crippen LogP contribution is 2.19. The van der Waals surface area contributed by atoms with Crippen molar-refractivity contribution >= 4 is 21.7 Å². The molecule has 0 aliphatic rings. The molecule has 0 aliphatic heterocycles. The molecule has 1 aromatic carbocycles. The van der Waals surface area contributed by atoms with Gasteiger partial charge in [0.05, 0.1) is 16.2 Å². The van der Waals surface area contributed by atoms with Gasteiger partial charge >= 0.3 is 5.97 Å². The van der Waals surface area contributed by atoms with Crippen molar-refractivity contribution in [2.75, 3.05) is 12.8 Å². The number of rotatable bonds is 5. The normalized spacial score (nSPS) is 12.8. The van der Waals surface area contributed by atoms with Gasteiger partial charge in [-0.1, -0.05) is 19.1 Å². The number of sulfone groups is 1. The highest BCUT2D eigenvalue weighted by molar-refractivity contribution is 7.91. The van der Waals surface area contributed by atoms with E-state index >= 15 is 0 Å². The molecule has 0 heterocycles. The number of nitrogens with zero attached hydrogens (tertiary/aromatic N) is 1. The molecule has 1 amide bonds. The van der Waals surface area contributed by atoms with E-state index in [0.29, 0.717) is 0 Å². The van der Waals surface area contributed by atoms with Crippen molar-refractivity contribution in [1.29, 1.82) is 0 Å². The average molecular weight is 299 g/mol. The van der Waals surface area contributed by atoms with E-state index in [9.17, 15) is 18.0 Å². The van der Waals surface area contributed by atoms with Gasteiger partial charge in [-0.2, -0.15) is 0 Å². The van der Waals surface area contributed by atoms with Crippen molar-refractivity contribution in [3.63, 3.8) is 0 Å². The number of amides is 1. The molecular formula is C13H17NO5S. The molecule has 0 saturated heterocycles. The molecule has 0 saturated carbocycles. The van der Waals surface area contributed by atoms with Crippen LogP contribution in [0.15, 0.2) is 29.2 Å². The minimum atomic E-state index is -3.55. The molecule has 0 radical (unpaired) electrons. The van der Waals surface area contributed by atoms with Crippen LogP contribution in [0.2, 0.25) is 0 Å². The van der Waals surface area contributed by atoms with Crippen LogP contribution >= 0.6 is 0 Å². The molecule has 20 heavy (non-hydrogen) atoms. The SMILES string of the molecule is CCS(=O)(=O)c1ccccc1C(=O)N(C)C(C)C(=O)O. The van der Waals surface area contributed by atoms with Crippen molar-refractivity contribution in [3.05, 3.63) is 29.8 Å². The summed E-state index contributed by atoms with van der Waals surface area (Å²) in [6, 6.07) is 4.77. The van der Waals surface area contributed by atoms with Gasteiger partial charge in [0.15, 0.2) is 9.84 Å². The fourth-order valence-corrected chi connectivity index (χ4v) is 2.69. The summed E-state index contributed by atoms with van der Waals surface area (Å²) in [5.74, 6) is -1.92. The number of hydrogen-bond acceptors (Lipinski definition) is 4. The van der Waals surface area contributed by atoms with Crippen LogP contribution in [0.3, 0.4) is 0 Å². The molecule has 0 aliphatic carbocycles. The minimum absolute atomic E-state index is 0.00931. The molecule has 0 fully saturated rings. The summed E-state index contributed by atoms with van der Waals surface area (Å²) in [5, 5.41) is 8.91. The Kier molecular flexibility index (Phi) is 4.88. The first-order valence-corrected chi connectivity index (χ1v) is 7.69. The van der Waals surface area contributed by atoms with Gasteiger partial charge in [-0.25, -0.2) is 13.2 Å². The van der Waals surface area contributed by atoms with Crippen LogP contribution in [-0.2, 0) is 14.6 Å². The minimum Gasteiger partial charge on any atom is -0.480 e. The van der Waals surface area contributed by atoms with Crippen molar-refractivity contribution in [1.82, 2.24) is 4.90 Å². The van der Waals surface area contributed by atoms with Crippen molar-refractivity contribution in [2.45, 2.75) is 24.8 Å². The van der Waals surface area contributed by atoms with E-state index in [-0.39, 0.29) is 16.2 Å². The van der Waals surface area contributed by atoms with Crippen LogP contribution in [0.25, 0.3) is 0 Å². The third kappa shape index (κ3) is 3.16. The molecule has 1 unspecified atom stereocenters. The topological polar surface area (TPSA) is 91.8 Å². The number of likely N-dealkylation sites (N-methyl/N-ethyl adjacent to an activating group) is 1. The van der Waals surface area contributed by atoms with Crippen LogP contribution in [0, 0.1) is 0 Å². The molecule has 0 spiro atoms. The molecule has 1 aromatic rings. The quantitative estimate of drug-likeness (QED) is 0.876. The summed E-state index contributed by atoms with van der Waals surface area (Å²) >= 11 is 0. The van der Waals surface area contributed by atoms with Crippen molar-refractivity contribution < 1.29 is 23.1 Å². The molecule has 0 aromatic heterocycles. The highest BCUT2D eigenvalue weighted by atomic mass is 32.2. The van der Waals surface area contributed by atoms with Gasteiger partial charge in [-0.15, -0.1) is 0 Å². The largest absolute Gasteiger partial charge is 0.480 e. The third-order valence-corrected chi connectivity index (χ3v) is 4.88. The van der Waals surface area contributed by atoms with Gasteiger partial charge in [-0.05, 0) is 19.1 Å². The fourth-order valence-electron chi connectivity index (χ4n) is 1.60. The maximum atomic E-state index is 12.3. The van der Waals surface area contributed by atoms with Crippen LogP contribution in [0.4, 0.5) is 0 Å². The Balaban J connectivity index is 3.28. The van der Waals surface area contributed by atoms with Gasteiger partial charge in [0, 0.05) is 7.05 Å². The van der Waals surface area contributed by atoms with E-state index in [2.05, 4.69) is 0 Å². The van der Waals surface area contributed by atoms with E-state index in [0.717, 1.165) is 4.90 Å². The van der Waals surface area contributed by atoms with Crippen LogP contribution < -0.4 is 0 Å². The molecular weight excluding hydrogens is 282 g/mol. The molecule has 6 nitrogen and oxygen atoms in total. The molecule has 1 rings (SSSR count). The van der Waals surface area contributed by atoms with Crippen molar-refractivity contribution in [3.8, 4) is 0 Å². The number of carboxylic acids is 1. The van der Waals surface area contributed by atoms with Gasteiger partial charge in [-0.3, -0.25) is 4.79 Å². The van der Waals surface area contributed by atoms with Crippen molar-refractivity contribution in [2.24, 2.45) is 0 Å². The highest BCUT2D eigenvalue weighted by Gasteiger charge is 2.27. The van der Waals surface area contributed by atoms with Crippen LogP contribution in [0.1, 0.15) is 24.2 Å². The first-order valence-electron chi connectivity index (χ1n) is 6.04. The number of hydrogen-bond donors (Lipinski definition) is 1. The molecule has 110 valence electrons. The lowest BCUT2D eigenvalue weighted by molar-refractivity contribution is -0.141. The van der Waals surface area contributed by atoms with Crippen LogP contribution in [-0.4, -0.2) is 49.1 Å². The number of carbonyl (C=O) groups is 2. The Hall–Kier alpha value is -1.89. The van der Waals surface area contributed by atoms with Gasteiger partial charge in [0.1, 0.15) is 6.04 Å². The van der Waals surface area contributed by atoms with Gasteiger partial charge in [0.2, 0.25) is 0 Å². The molecule has 1 N–H and O–H groups in total. The van der Waals surface area contributed by atoms with E-state index in [1.165, 1.54) is 39.1 Å². The number of carbonyl (C=O) groups excluding carboxylic acids is 1. The Bertz CT molecular complexity index is 623. The Morgan fingerprint density at radius 1 is 1.30 bits per heavy atom. The Morgan fingerprint density at radius 2 is 1.85 bits per heavy atom.